The third-order valence-electron chi connectivity index (χ3n) is 2.11. The zero-order chi connectivity index (χ0) is 12.0. The van der Waals surface area contributed by atoms with Crippen molar-refractivity contribution < 1.29 is 4.52 Å². The Balaban J connectivity index is 2.27. The predicted octanol–water partition coefficient (Wildman–Crippen LogP) is 0.660. The van der Waals surface area contributed by atoms with Crippen LogP contribution < -0.4 is 11.1 Å². The maximum absolute atomic E-state index is 5.48. The summed E-state index contributed by atoms with van der Waals surface area (Å²) in [7, 11) is 1.65. The highest BCUT2D eigenvalue weighted by Crippen LogP contribution is 2.10. The molecule has 0 radical (unpaired) electrons. The van der Waals surface area contributed by atoms with Crippen molar-refractivity contribution in [2.75, 3.05) is 13.6 Å². The van der Waals surface area contributed by atoms with Crippen molar-refractivity contribution in [3.05, 3.63) is 11.7 Å². The van der Waals surface area contributed by atoms with Gasteiger partial charge in [0, 0.05) is 25.9 Å². The molecule has 0 aromatic carbocycles. The molecule has 0 aliphatic heterocycles. The number of rotatable bonds is 5. The fraction of sp³-hybridized carbons (Fsp3) is 0.700. The number of hydrogen-bond acceptors (Lipinski definition) is 4. The number of nitrogens with one attached hydrogen (secondary N) is 1. The molecule has 3 N–H and O–H groups in total. The Morgan fingerprint density at radius 1 is 1.56 bits per heavy atom. The highest BCUT2D eigenvalue weighted by atomic mass is 16.5. The van der Waals surface area contributed by atoms with Crippen LogP contribution in [0.1, 0.15) is 37.9 Å². The molecule has 0 amide bonds. The molecule has 90 valence electrons. The van der Waals surface area contributed by atoms with E-state index in [9.17, 15) is 0 Å². The molecule has 0 saturated heterocycles. The van der Waals surface area contributed by atoms with E-state index in [1.165, 1.54) is 0 Å². The second kappa shape index (κ2) is 6.09. The van der Waals surface area contributed by atoms with E-state index >= 15 is 0 Å². The summed E-state index contributed by atoms with van der Waals surface area (Å²) in [4.78, 5) is 8.07. The minimum absolute atomic E-state index is 0.304. The molecule has 6 heteroatoms. The van der Waals surface area contributed by atoms with Crippen LogP contribution in [0.15, 0.2) is 9.52 Å². The third kappa shape index (κ3) is 3.88. The van der Waals surface area contributed by atoms with Gasteiger partial charge in [-0.1, -0.05) is 19.0 Å². The average molecular weight is 225 g/mol. The first kappa shape index (κ1) is 12.5. The number of guanidine groups is 1. The number of hydrogen-bond donors (Lipinski definition) is 2. The summed E-state index contributed by atoms with van der Waals surface area (Å²) in [6, 6.07) is 0. The van der Waals surface area contributed by atoms with E-state index in [2.05, 4.69) is 20.4 Å². The molecule has 0 atom stereocenters. The van der Waals surface area contributed by atoms with Gasteiger partial charge in [-0.05, 0) is 6.42 Å². The van der Waals surface area contributed by atoms with Gasteiger partial charge in [0.15, 0.2) is 11.8 Å². The summed E-state index contributed by atoms with van der Waals surface area (Å²) < 4.78 is 5.11. The van der Waals surface area contributed by atoms with Gasteiger partial charge in [0.05, 0.1) is 0 Å². The molecule has 6 nitrogen and oxygen atoms in total. The quantitative estimate of drug-likeness (QED) is 0.436. The smallest absolute Gasteiger partial charge is 0.226 e. The van der Waals surface area contributed by atoms with Crippen molar-refractivity contribution in [3.63, 3.8) is 0 Å². The zero-order valence-electron chi connectivity index (χ0n) is 10.0. The maximum Gasteiger partial charge on any atom is 0.226 e. The van der Waals surface area contributed by atoms with Crippen LogP contribution in [-0.4, -0.2) is 29.7 Å². The van der Waals surface area contributed by atoms with E-state index in [0.717, 1.165) is 25.2 Å². The maximum atomic E-state index is 5.48. The number of nitrogens with zero attached hydrogens (tertiary/aromatic N) is 3. The van der Waals surface area contributed by atoms with E-state index in [-0.39, 0.29) is 0 Å². The molecule has 0 unspecified atom stereocenters. The lowest BCUT2D eigenvalue weighted by molar-refractivity contribution is 0.368. The molecule has 1 heterocycles. The van der Waals surface area contributed by atoms with Crippen molar-refractivity contribution in [2.24, 2.45) is 10.7 Å². The van der Waals surface area contributed by atoms with E-state index in [1.807, 2.05) is 13.8 Å². The SMILES string of the molecule is CN=C(N)NCCCc1nc(C(C)C)no1. The van der Waals surface area contributed by atoms with Crippen LogP contribution in [0.4, 0.5) is 0 Å². The van der Waals surface area contributed by atoms with Gasteiger partial charge >= 0.3 is 0 Å². The number of aliphatic imine (C=N–C) groups is 1. The summed E-state index contributed by atoms with van der Waals surface area (Å²) in [5, 5.41) is 6.86. The van der Waals surface area contributed by atoms with E-state index in [0.29, 0.717) is 17.8 Å². The number of aryl methyl sites for hydroxylation is 1. The Morgan fingerprint density at radius 2 is 2.31 bits per heavy atom. The summed E-state index contributed by atoms with van der Waals surface area (Å²) in [5.41, 5.74) is 5.48. The molecule has 1 aromatic rings. The standard InChI is InChI=1S/C10H19N5O/c1-7(2)9-14-8(16-15-9)5-4-6-13-10(11)12-3/h7H,4-6H2,1-3H3,(H3,11,12,13). The van der Waals surface area contributed by atoms with Crippen LogP contribution in [0, 0.1) is 0 Å². The summed E-state index contributed by atoms with van der Waals surface area (Å²) >= 11 is 0. The second-order valence-electron chi connectivity index (χ2n) is 3.84. The number of aromatic nitrogens is 2. The molecule has 16 heavy (non-hydrogen) atoms. The Morgan fingerprint density at radius 3 is 2.88 bits per heavy atom. The zero-order valence-corrected chi connectivity index (χ0v) is 10.0. The summed E-state index contributed by atoms with van der Waals surface area (Å²) in [6.45, 7) is 4.83. The Hall–Kier alpha value is -1.59. The van der Waals surface area contributed by atoms with Gasteiger partial charge in [-0.15, -0.1) is 0 Å². The Bertz CT molecular complexity index is 345. The minimum Gasteiger partial charge on any atom is -0.370 e. The van der Waals surface area contributed by atoms with Gasteiger partial charge in [0.2, 0.25) is 5.89 Å². The lowest BCUT2D eigenvalue weighted by Gasteiger charge is -2.01. The van der Waals surface area contributed by atoms with Crippen LogP contribution >= 0.6 is 0 Å². The first-order valence-electron chi connectivity index (χ1n) is 5.42. The van der Waals surface area contributed by atoms with E-state index < -0.39 is 0 Å². The normalized spacial score (nSPS) is 12.1. The largest absolute Gasteiger partial charge is 0.370 e. The van der Waals surface area contributed by atoms with Gasteiger partial charge in [0.25, 0.3) is 0 Å². The van der Waals surface area contributed by atoms with Crippen molar-refractivity contribution in [3.8, 4) is 0 Å². The molecular weight excluding hydrogens is 206 g/mol. The Kier molecular flexibility index (Phi) is 4.75. The summed E-state index contributed by atoms with van der Waals surface area (Å²) in [5.74, 6) is 2.20. The van der Waals surface area contributed by atoms with Crippen molar-refractivity contribution >= 4 is 5.96 Å². The number of nitrogens with two attached hydrogens (primary N) is 1. The lowest BCUT2D eigenvalue weighted by atomic mass is 10.2. The fourth-order valence-electron chi connectivity index (χ4n) is 1.14. The monoisotopic (exact) mass is 225 g/mol. The predicted molar refractivity (Wildman–Crippen MR) is 62.3 cm³/mol. The first-order chi connectivity index (χ1) is 7.63. The topological polar surface area (TPSA) is 89.3 Å². The molecule has 0 fully saturated rings. The first-order valence-corrected chi connectivity index (χ1v) is 5.42. The van der Waals surface area contributed by atoms with Gasteiger partial charge < -0.3 is 15.6 Å². The van der Waals surface area contributed by atoms with Gasteiger partial charge in [-0.3, -0.25) is 4.99 Å². The highest BCUT2D eigenvalue weighted by Gasteiger charge is 2.08. The van der Waals surface area contributed by atoms with Crippen LogP contribution in [-0.2, 0) is 6.42 Å². The molecule has 0 aliphatic rings. The molecule has 1 rings (SSSR count). The van der Waals surface area contributed by atoms with Gasteiger partial charge in [-0.25, -0.2) is 0 Å². The molecule has 0 spiro atoms. The molecule has 0 saturated carbocycles. The van der Waals surface area contributed by atoms with Crippen molar-refractivity contribution in [1.82, 2.24) is 15.5 Å². The minimum atomic E-state index is 0.304. The fourth-order valence-corrected chi connectivity index (χ4v) is 1.14. The Labute approximate surface area is 95.3 Å². The average Bonchev–Trinajstić information content (AvgIpc) is 2.72. The van der Waals surface area contributed by atoms with Gasteiger partial charge in [-0.2, -0.15) is 4.98 Å². The molecule has 0 aliphatic carbocycles. The van der Waals surface area contributed by atoms with Gasteiger partial charge in [0.1, 0.15) is 0 Å². The second-order valence-corrected chi connectivity index (χ2v) is 3.84. The third-order valence-corrected chi connectivity index (χ3v) is 2.11. The van der Waals surface area contributed by atoms with E-state index in [4.69, 9.17) is 10.3 Å². The van der Waals surface area contributed by atoms with Crippen LogP contribution in [0.5, 0.6) is 0 Å². The van der Waals surface area contributed by atoms with Crippen LogP contribution in [0.2, 0.25) is 0 Å². The van der Waals surface area contributed by atoms with Crippen molar-refractivity contribution in [1.29, 1.82) is 0 Å². The highest BCUT2D eigenvalue weighted by molar-refractivity contribution is 5.77. The molecule has 0 bridgehead atoms. The summed E-state index contributed by atoms with van der Waals surface area (Å²) in [6.07, 6.45) is 1.64. The van der Waals surface area contributed by atoms with Crippen molar-refractivity contribution in [2.45, 2.75) is 32.6 Å². The molecular formula is C10H19N5O. The van der Waals surface area contributed by atoms with Crippen LogP contribution in [0.25, 0.3) is 0 Å². The lowest BCUT2D eigenvalue weighted by Crippen LogP contribution is -2.32. The van der Waals surface area contributed by atoms with Crippen LogP contribution in [0.3, 0.4) is 0 Å². The van der Waals surface area contributed by atoms with E-state index in [1.54, 1.807) is 7.05 Å². The molecule has 1 aromatic heterocycles.